The van der Waals surface area contributed by atoms with Gasteiger partial charge < -0.3 is 5.32 Å². The molecule has 0 saturated heterocycles. The molecule has 0 fully saturated rings. The van der Waals surface area contributed by atoms with Crippen LogP contribution in [0.3, 0.4) is 0 Å². The highest BCUT2D eigenvalue weighted by Crippen LogP contribution is 2.21. The number of rotatable bonds is 5. The summed E-state index contributed by atoms with van der Waals surface area (Å²) in [5.74, 6) is -0.207. The van der Waals surface area contributed by atoms with Crippen molar-refractivity contribution in [2.24, 2.45) is 0 Å². The normalized spacial score (nSPS) is 13.2. The number of aromatic amines is 1. The number of hydrogen-bond donors (Lipinski definition) is 2. The Bertz CT molecular complexity index is 1010. The van der Waals surface area contributed by atoms with Crippen molar-refractivity contribution in [2.45, 2.75) is 32.2 Å². The summed E-state index contributed by atoms with van der Waals surface area (Å²) in [5.41, 5.74) is 4.05. The van der Waals surface area contributed by atoms with Crippen LogP contribution in [0.25, 0.3) is 11.3 Å². The van der Waals surface area contributed by atoms with Gasteiger partial charge in [0.25, 0.3) is 11.5 Å². The maximum atomic E-state index is 12.4. The molecule has 0 saturated carbocycles. The van der Waals surface area contributed by atoms with Crippen molar-refractivity contribution < 1.29 is 4.79 Å². The summed E-state index contributed by atoms with van der Waals surface area (Å²) in [6, 6.07) is 12.9. The van der Waals surface area contributed by atoms with E-state index < -0.39 is 0 Å². The van der Waals surface area contributed by atoms with Gasteiger partial charge >= 0.3 is 0 Å². The Labute approximate surface area is 156 Å². The number of fused-ring (bicyclic) bond motifs is 1. The molecular weight excluding hydrogens is 342 g/mol. The minimum Gasteiger partial charge on any atom is -0.349 e. The van der Waals surface area contributed by atoms with Crippen LogP contribution in [-0.2, 0) is 19.4 Å². The van der Waals surface area contributed by atoms with Gasteiger partial charge in [-0.05, 0) is 31.7 Å². The Hall–Kier alpha value is -3.22. The first-order chi connectivity index (χ1) is 13.2. The Morgan fingerprint density at radius 2 is 1.93 bits per heavy atom. The van der Waals surface area contributed by atoms with Crippen molar-refractivity contribution in [3.05, 3.63) is 69.8 Å². The number of nitrogens with zero attached hydrogens (tertiary/aromatic N) is 3. The van der Waals surface area contributed by atoms with Crippen molar-refractivity contribution >= 4 is 5.91 Å². The number of nitrogens with one attached hydrogen (secondary N) is 2. The van der Waals surface area contributed by atoms with Crippen LogP contribution in [-0.4, -0.2) is 32.4 Å². The highest BCUT2D eigenvalue weighted by molar-refractivity contribution is 5.94. The van der Waals surface area contributed by atoms with Crippen LogP contribution in [0.4, 0.5) is 0 Å². The maximum absolute atomic E-state index is 12.4. The number of amides is 1. The van der Waals surface area contributed by atoms with Crippen molar-refractivity contribution in [3.63, 3.8) is 0 Å². The average Bonchev–Trinajstić information content (AvgIpc) is 3.14. The summed E-state index contributed by atoms with van der Waals surface area (Å²) in [5, 5.41) is 14.4. The molecule has 7 nitrogen and oxygen atoms in total. The monoisotopic (exact) mass is 363 g/mol. The summed E-state index contributed by atoms with van der Waals surface area (Å²) < 4.78 is 1.38. The first-order valence-corrected chi connectivity index (χ1v) is 9.20. The van der Waals surface area contributed by atoms with Gasteiger partial charge in [-0.3, -0.25) is 14.7 Å². The van der Waals surface area contributed by atoms with Gasteiger partial charge in [-0.15, -0.1) is 0 Å². The zero-order chi connectivity index (χ0) is 18.6. The number of benzene rings is 1. The molecule has 0 spiro atoms. The van der Waals surface area contributed by atoms with Gasteiger partial charge in [0.2, 0.25) is 0 Å². The minimum atomic E-state index is -0.207. The van der Waals surface area contributed by atoms with E-state index in [9.17, 15) is 9.59 Å². The lowest BCUT2D eigenvalue weighted by molar-refractivity contribution is 0.0945. The fourth-order valence-corrected chi connectivity index (χ4v) is 3.40. The van der Waals surface area contributed by atoms with Crippen LogP contribution >= 0.6 is 0 Å². The fraction of sp³-hybridized carbons (Fsp3) is 0.300. The van der Waals surface area contributed by atoms with Crippen molar-refractivity contribution in [3.8, 4) is 11.3 Å². The maximum Gasteiger partial charge on any atom is 0.272 e. The second-order valence-electron chi connectivity index (χ2n) is 6.64. The van der Waals surface area contributed by atoms with Crippen LogP contribution in [0.15, 0.2) is 47.3 Å². The van der Waals surface area contributed by atoms with Crippen LogP contribution in [0, 0.1) is 0 Å². The Kier molecular flexibility index (Phi) is 4.82. The molecule has 2 aromatic heterocycles. The summed E-state index contributed by atoms with van der Waals surface area (Å²) in [6.45, 7) is 0.615. The average molecular weight is 363 g/mol. The number of H-pyrrole nitrogens is 1. The molecule has 1 aliphatic carbocycles. The third kappa shape index (κ3) is 3.67. The van der Waals surface area contributed by atoms with Crippen LogP contribution in [0.1, 0.15) is 34.6 Å². The standard InChI is InChI=1S/C20H21N5O2/c26-18-11-10-16(14-6-2-1-3-7-14)24-25(18)13-12-21-20(27)19-15-8-4-5-9-17(15)22-23-19/h1-3,6-7,10-11H,4-5,8-9,12-13H2,(H,21,27)(H,22,23). The minimum absolute atomic E-state index is 0.193. The van der Waals surface area contributed by atoms with E-state index >= 15 is 0 Å². The Balaban J connectivity index is 1.42. The van der Waals surface area contributed by atoms with Gasteiger partial charge in [0.1, 0.15) is 0 Å². The molecule has 1 amide bonds. The Morgan fingerprint density at radius 1 is 1.11 bits per heavy atom. The zero-order valence-corrected chi connectivity index (χ0v) is 14.9. The zero-order valence-electron chi connectivity index (χ0n) is 14.9. The van der Waals surface area contributed by atoms with Gasteiger partial charge in [-0.2, -0.15) is 10.2 Å². The number of aryl methyl sites for hydroxylation is 1. The second kappa shape index (κ2) is 7.57. The Morgan fingerprint density at radius 3 is 2.78 bits per heavy atom. The van der Waals surface area contributed by atoms with E-state index in [1.807, 2.05) is 30.3 Å². The van der Waals surface area contributed by atoms with E-state index in [0.29, 0.717) is 18.8 Å². The lowest BCUT2D eigenvalue weighted by atomic mass is 9.96. The van der Waals surface area contributed by atoms with E-state index in [4.69, 9.17) is 0 Å². The number of carbonyl (C=O) groups excluding carboxylic acids is 1. The van der Waals surface area contributed by atoms with Gasteiger partial charge in [0.05, 0.1) is 12.2 Å². The van der Waals surface area contributed by atoms with Crippen molar-refractivity contribution in [1.82, 2.24) is 25.3 Å². The van der Waals surface area contributed by atoms with Gasteiger partial charge in [-0.25, -0.2) is 4.68 Å². The summed E-state index contributed by atoms with van der Waals surface area (Å²) in [4.78, 5) is 24.5. The summed E-state index contributed by atoms with van der Waals surface area (Å²) >= 11 is 0. The molecule has 4 rings (SSSR count). The lowest BCUT2D eigenvalue weighted by Crippen LogP contribution is -2.32. The molecule has 0 radical (unpaired) electrons. The molecule has 3 aromatic rings. The van der Waals surface area contributed by atoms with E-state index in [-0.39, 0.29) is 11.5 Å². The molecule has 0 unspecified atom stereocenters. The van der Waals surface area contributed by atoms with E-state index in [1.54, 1.807) is 6.07 Å². The van der Waals surface area contributed by atoms with E-state index in [2.05, 4.69) is 20.6 Å². The molecule has 2 N–H and O–H groups in total. The fourth-order valence-electron chi connectivity index (χ4n) is 3.40. The molecule has 1 aromatic carbocycles. The molecule has 7 heteroatoms. The molecule has 0 aliphatic heterocycles. The van der Waals surface area contributed by atoms with Crippen molar-refractivity contribution in [1.29, 1.82) is 0 Å². The molecule has 27 heavy (non-hydrogen) atoms. The predicted molar refractivity (Wildman–Crippen MR) is 101 cm³/mol. The number of carbonyl (C=O) groups is 1. The van der Waals surface area contributed by atoms with Crippen LogP contribution < -0.4 is 10.9 Å². The summed E-state index contributed by atoms with van der Waals surface area (Å²) in [6.07, 6.45) is 4.04. The van der Waals surface area contributed by atoms with Gasteiger partial charge in [0, 0.05) is 29.4 Å². The second-order valence-corrected chi connectivity index (χ2v) is 6.64. The molecule has 0 bridgehead atoms. The summed E-state index contributed by atoms with van der Waals surface area (Å²) in [7, 11) is 0. The quantitative estimate of drug-likeness (QED) is 0.725. The number of aromatic nitrogens is 4. The largest absolute Gasteiger partial charge is 0.349 e. The van der Waals surface area contributed by atoms with Crippen molar-refractivity contribution in [2.75, 3.05) is 6.54 Å². The first-order valence-electron chi connectivity index (χ1n) is 9.20. The smallest absolute Gasteiger partial charge is 0.272 e. The molecule has 0 atom stereocenters. The van der Waals surface area contributed by atoms with Crippen LogP contribution in [0.2, 0.25) is 0 Å². The highest BCUT2D eigenvalue weighted by atomic mass is 16.2. The SMILES string of the molecule is O=C(NCCn1nc(-c2ccccc2)ccc1=O)c1n[nH]c2c1CCCC2. The topological polar surface area (TPSA) is 92.7 Å². The van der Waals surface area contributed by atoms with Gasteiger partial charge in [0.15, 0.2) is 5.69 Å². The lowest BCUT2D eigenvalue weighted by Gasteiger charge is -2.11. The molecule has 1 aliphatic rings. The third-order valence-corrected chi connectivity index (χ3v) is 4.82. The molecular formula is C20H21N5O2. The third-order valence-electron chi connectivity index (χ3n) is 4.82. The molecule has 138 valence electrons. The number of hydrogen-bond acceptors (Lipinski definition) is 4. The highest BCUT2D eigenvalue weighted by Gasteiger charge is 2.21. The van der Waals surface area contributed by atoms with Gasteiger partial charge in [-0.1, -0.05) is 30.3 Å². The van der Waals surface area contributed by atoms with E-state index in [1.165, 1.54) is 10.7 Å². The first kappa shape index (κ1) is 17.2. The van der Waals surface area contributed by atoms with Crippen LogP contribution in [0.5, 0.6) is 0 Å². The van der Waals surface area contributed by atoms with E-state index in [0.717, 1.165) is 48.2 Å². The predicted octanol–water partition coefficient (Wildman–Crippen LogP) is 1.94. The molecule has 2 heterocycles.